The maximum absolute atomic E-state index is 13.6. The standard InChI is InChI=1S/C32H48N4O3/c1-23(2)20-28(33-26-16-18-36(6)19-17-26)30(37)34-29(31(38)35-32(3,4)5)21-24-12-14-27(15-13-24)39-22-25-10-8-7-9-11-25/h7-15,23,26,28-29,33H,16-22H2,1-6H3,(H,34,37)(H,35,38). The number of likely N-dealkylation sites (tertiary alicyclic amines) is 1. The monoisotopic (exact) mass is 536 g/mol. The molecule has 0 radical (unpaired) electrons. The molecule has 2 amide bonds. The second-order valence-electron chi connectivity index (χ2n) is 12.3. The molecule has 0 aromatic heterocycles. The maximum atomic E-state index is 13.6. The molecule has 3 rings (SSSR count). The molecule has 2 aromatic carbocycles. The molecule has 0 spiro atoms. The quantitative estimate of drug-likeness (QED) is 0.377. The molecule has 2 unspecified atom stereocenters. The van der Waals surface area contributed by atoms with Crippen molar-refractivity contribution in [3.63, 3.8) is 0 Å². The van der Waals surface area contributed by atoms with Crippen molar-refractivity contribution in [3.05, 3.63) is 65.7 Å². The van der Waals surface area contributed by atoms with Crippen LogP contribution in [0.15, 0.2) is 54.6 Å². The molecule has 0 bridgehead atoms. The summed E-state index contributed by atoms with van der Waals surface area (Å²) in [7, 11) is 2.13. The Morgan fingerprint density at radius 1 is 0.923 bits per heavy atom. The molecule has 2 aromatic rings. The number of hydrogen-bond donors (Lipinski definition) is 3. The van der Waals surface area contributed by atoms with Crippen LogP contribution in [0.3, 0.4) is 0 Å². The number of hydrogen-bond acceptors (Lipinski definition) is 5. The molecule has 1 aliphatic heterocycles. The van der Waals surface area contributed by atoms with E-state index in [4.69, 9.17) is 4.74 Å². The second-order valence-corrected chi connectivity index (χ2v) is 12.3. The Kier molecular flexibility index (Phi) is 11.4. The van der Waals surface area contributed by atoms with Gasteiger partial charge in [0.15, 0.2) is 0 Å². The van der Waals surface area contributed by atoms with Gasteiger partial charge in [-0.3, -0.25) is 9.59 Å². The third-order valence-electron chi connectivity index (χ3n) is 6.92. The lowest BCUT2D eigenvalue weighted by Gasteiger charge is -2.33. The van der Waals surface area contributed by atoms with Gasteiger partial charge in [0.25, 0.3) is 0 Å². The number of ether oxygens (including phenoxy) is 1. The summed E-state index contributed by atoms with van der Waals surface area (Å²) < 4.78 is 5.92. The Morgan fingerprint density at radius 3 is 2.15 bits per heavy atom. The first kappa shape index (κ1) is 30.6. The van der Waals surface area contributed by atoms with Gasteiger partial charge in [-0.25, -0.2) is 0 Å². The van der Waals surface area contributed by atoms with Crippen LogP contribution in [-0.2, 0) is 22.6 Å². The van der Waals surface area contributed by atoms with Crippen LogP contribution in [0.1, 0.15) is 65.0 Å². The van der Waals surface area contributed by atoms with Crippen molar-refractivity contribution in [1.29, 1.82) is 0 Å². The largest absolute Gasteiger partial charge is 0.489 e. The van der Waals surface area contributed by atoms with Crippen LogP contribution in [0, 0.1) is 5.92 Å². The number of carbonyl (C=O) groups is 2. The van der Waals surface area contributed by atoms with Crippen LogP contribution >= 0.6 is 0 Å². The Bertz CT molecular complexity index is 1030. The van der Waals surface area contributed by atoms with Gasteiger partial charge < -0.3 is 25.6 Å². The summed E-state index contributed by atoms with van der Waals surface area (Å²) in [5, 5.41) is 9.77. The summed E-state index contributed by atoms with van der Waals surface area (Å²) in [5.74, 6) is 0.828. The zero-order valence-electron chi connectivity index (χ0n) is 24.6. The van der Waals surface area contributed by atoms with E-state index in [0.717, 1.165) is 49.2 Å². The van der Waals surface area contributed by atoms with E-state index in [1.54, 1.807) is 0 Å². The highest BCUT2D eigenvalue weighted by molar-refractivity contribution is 5.90. The number of piperidine rings is 1. The highest BCUT2D eigenvalue weighted by atomic mass is 16.5. The topological polar surface area (TPSA) is 82.7 Å². The van der Waals surface area contributed by atoms with Crippen LogP contribution < -0.4 is 20.7 Å². The molecule has 0 saturated carbocycles. The Hall–Kier alpha value is -2.90. The van der Waals surface area contributed by atoms with E-state index >= 15 is 0 Å². The first-order chi connectivity index (χ1) is 18.5. The molecule has 7 nitrogen and oxygen atoms in total. The molecular formula is C32H48N4O3. The SMILES string of the molecule is CC(C)CC(NC1CCN(C)CC1)C(=O)NC(Cc1ccc(OCc2ccccc2)cc1)C(=O)NC(C)(C)C. The van der Waals surface area contributed by atoms with Gasteiger partial charge in [-0.1, -0.05) is 56.3 Å². The molecule has 0 aliphatic carbocycles. The first-order valence-electron chi connectivity index (χ1n) is 14.3. The fourth-order valence-electron chi connectivity index (χ4n) is 4.82. The maximum Gasteiger partial charge on any atom is 0.243 e. The van der Waals surface area contributed by atoms with Crippen molar-refractivity contribution in [2.24, 2.45) is 5.92 Å². The zero-order valence-corrected chi connectivity index (χ0v) is 24.6. The number of nitrogens with zero attached hydrogens (tertiary/aromatic N) is 1. The molecule has 1 heterocycles. The highest BCUT2D eigenvalue weighted by Crippen LogP contribution is 2.17. The van der Waals surface area contributed by atoms with E-state index in [9.17, 15) is 9.59 Å². The molecule has 3 N–H and O–H groups in total. The van der Waals surface area contributed by atoms with E-state index in [-0.39, 0.29) is 17.9 Å². The zero-order chi connectivity index (χ0) is 28.4. The number of rotatable bonds is 12. The van der Waals surface area contributed by atoms with Gasteiger partial charge >= 0.3 is 0 Å². The van der Waals surface area contributed by atoms with E-state index < -0.39 is 11.6 Å². The van der Waals surface area contributed by atoms with Crippen LogP contribution in [0.25, 0.3) is 0 Å². The number of carbonyl (C=O) groups excluding carboxylic acids is 2. The minimum Gasteiger partial charge on any atom is -0.489 e. The highest BCUT2D eigenvalue weighted by Gasteiger charge is 2.30. The van der Waals surface area contributed by atoms with Gasteiger partial charge in [0.1, 0.15) is 18.4 Å². The first-order valence-corrected chi connectivity index (χ1v) is 14.3. The summed E-state index contributed by atoms with van der Waals surface area (Å²) in [6, 6.07) is 17.1. The lowest BCUT2D eigenvalue weighted by Crippen LogP contribution is -2.58. The van der Waals surface area contributed by atoms with E-state index in [0.29, 0.717) is 25.0 Å². The van der Waals surface area contributed by atoms with Crippen molar-refractivity contribution in [1.82, 2.24) is 20.9 Å². The van der Waals surface area contributed by atoms with Gasteiger partial charge in [0.2, 0.25) is 11.8 Å². The van der Waals surface area contributed by atoms with E-state index in [2.05, 4.69) is 41.7 Å². The summed E-state index contributed by atoms with van der Waals surface area (Å²) in [5.41, 5.74) is 1.66. The Labute approximate surface area is 235 Å². The van der Waals surface area contributed by atoms with Crippen LogP contribution in [0.4, 0.5) is 0 Å². The van der Waals surface area contributed by atoms with Gasteiger partial charge in [0.05, 0.1) is 6.04 Å². The van der Waals surface area contributed by atoms with Crippen LogP contribution in [-0.4, -0.2) is 60.5 Å². The summed E-state index contributed by atoms with van der Waals surface area (Å²) >= 11 is 0. The Balaban J connectivity index is 1.68. The summed E-state index contributed by atoms with van der Waals surface area (Å²) in [6.45, 7) is 12.6. The number of amides is 2. The van der Waals surface area contributed by atoms with E-state index in [1.165, 1.54) is 0 Å². The number of nitrogens with one attached hydrogen (secondary N) is 3. The van der Waals surface area contributed by atoms with Gasteiger partial charge in [-0.2, -0.15) is 0 Å². The minimum atomic E-state index is -0.679. The van der Waals surface area contributed by atoms with Crippen molar-refractivity contribution in [2.45, 2.75) is 90.6 Å². The van der Waals surface area contributed by atoms with Gasteiger partial charge in [-0.15, -0.1) is 0 Å². The van der Waals surface area contributed by atoms with Gasteiger partial charge in [-0.05, 0) is 89.3 Å². The van der Waals surface area contributed by atoms with Crippen molar-refractivity contribution >= 4 is 11.8 Å². The van der Waals surface area contributed by atoms with Crippen LogP contribution in [0.2, 0.25) is 0 Å². The van der Waals surface area contributed by atoms with Crippen molar-refractivity contribution in [2.75, 3.05) is 20.1 Å². The molecule has 39 heavy (non-hydrogen) atoms. The molecule has 1 aliphatic rings. The van der Waals surface area contributed by atoms with Crippen molar-refractivity contribution < 1.29 is 14.3 Å². The average Bonchev–Trinajstić information content (AvgIpc) is 2.88. The predicted molar refractivity (Wildman–Crippen MR) is 158 cm³/mol. The van der Waals surface area contributed by atoms with E-state index in [1.807, 2.05) is 75.4 Å². The predicted octanol–water partition coefficient (Wildman–Crippen LogP) is 4.31. The van der Waals surface area contributed by atoms with Gasteiger partial charge in [0, 0.05) is 18.0 Å². The molecule has 2 atom stereocenters. The summed E-state index contributed by atoms with van der Waals surface area (Å²) in [6.07, 6.45) is 3.16. The fraction of sp³-hybridized carbons (Fsp3) is 0.562. The molecule has 1 fully saturated rings. The normalized spacial score (nSPS) is 16.5. The molecule has 1 saturated heterocycles. The number of benzene rings is 2. The molecule has 214 valence electrons. The fourth-order valence-corrected chi connectivity index (χ4v) is 4.82. The Morgan fingerprint density at radius 2 is 1.56 bits per heavy atom. The van der Waals surface area contributed by atoms with Crippen molar-refractivity contribution in [3.8, 4) is 5.75 Å². The van der Waals surface area contributed by atoms with Crippen LogP contribution in [0.5, 0.6) is 5.75 Å². The lowest BCUT2D eigenvalue weighted by molar-refractivity contribution is -0.131. The molecular weight excluding hydrogens is 488 g/mol. The minimum absolute atomic E-state index is 0.112. The summed E-state index contributed by atoms with van der Waals surface area (Å²) in [4.78, 5) is 29.2. The molecule has 7 heteroatoms. The lowest BCUT2D eigenvalue weighted by atomic mass is 9.98. The third-order valence-corrected chi connectivity index (χ3v) is 6.92. The second kappa shape index (κ2) is 14.5. The average molecular weight is 537 g/mol. The smallest absolute Gasteiger partial charge is 0.243 e. The third kappa shape index (κ3) is 11.0.